The maximum Gasteiger partial charge on any atom is 0.435 e. The number of nitrogens with zero attached hydrogens (tertiary/aromatic N) is 1. The molecule has 0 spiro atoms. The van der Waals surface area contributed by atoms with E-state index < -0.39 is 110 Å². The number of carbonyl (C=O) groups is 2. The van der Waals surface area contributed by atoms with Gasteiger partial charge in [-0.25, -0.2) is 21.6 Å². The zero-order chi connectivity index (χ0) is 34.3. The number of carbonyl (C=O) groups excluding carboxylic acids is 1. The Balaban J connectivity index is 1.68. The summed E-state index contributed by atoms with van der Waals surface area (Å²) in [5.74, 6) is -5.11. The molecule has 0 aromatic heterocycles. The van der Waals surface area contributed by atoms with Crippen LogP contribution in [0.25, 0.3) is 0 Å². The maximum atomic E-state index is 16.2. The minimum Gasteiger partial charge on any atom is -0.481 e. The van der Waals surface area contributed by atoms with E-state index in [4.69, 9.17) is 0 Å². The third-order valence-electron chi connectivity index (χ3n) is 9.81. The number of likely N-dealkylation sites (tertiary alicyclic amines) is 1. The first-order valence-corrected chi connectivity index (χ1v) is 15.8. The molecule has 0 radical (unpaired) electrons. The summed E-state index contributed by atoms with van der Waals surface area (Å²) in [5, 5.41) is 9.29. The molecule has 1 amide bonds. The van der Waals surface area contributed by atoms with Crippen molar-refractivity contribution in [2.24, 2.45) is 11.8 Å². The Labute approximate surface area is 257 Å². The minimum atomic E-state index is -6.42. The lowest BCUT2D eigenvalue weighted by Crippen LogP contribution is -2.57. The molecule has 2 fully saturated rings. The highest BCUT2D eigenvalue weighted by Gasteiger charge is 2.74. The highest BCUT2D eigenvalue weighted by Crippen LogP contribution is 2.58. The summed E-state index contributed by atoms with van der Waals surface area (Å²) in [6.45, 7) is 0.985. The Morgan fingerprint density at radius 1 is 0.913 bits per heavy atom. The van der Waals surface area contributed by atoms with Gasteiger partial charge >= 0.3 is 24.0 Å². The summed E-state index contributed by atoms with van der Waals surface area (Å²) in [6.07, 6.45) is -14.9. The molecule has 2 aromatic carbocycles. The summed E-state index contributed by atoms with van der Waals surface area (Å²) in [7, 11) is -4.78. The number of alkyl halides is 8. The number of sulfone groups is 1. The van der Waals surface area contributed by atoms with Crippen molar-refractivity contribution in [2.45, 2.75) is 84.8 Å². The molecule has 16 heteroatoms. The van der Waals surface area contributed by atoms with Crippen LogP contribution in [0, 0.1) is 17.7 Å². The van der Waals surface area contributed by atoms with Crippen molar-refractivity contribution >= 4 is 21.7 Å². The van der Waals surface area contributed by atoms with E-state index in [9.17, 15) is 53.8 Å². The van der Waals surface area contributed by atoms with Crippen LogP contribution in [-0.4, -0.2) is 60.9 Å². The van der Waals surface area contributed by atoms with E-state index in [1.54, 1.807) is 0 Å². The third-order valence-corrected chi connectivity index (χ3v) is 12.5. The zero-order valence-electron chi connectivity index (χ0n) is 24.1. The number of aryl methyl sites for hydroxylation is 1. The molecule has 2 aliphatic carbocycles. The summed E-state index contributed by atoms with van der Waals surface area (Å²) in [4.78, 5) is 25.7. The van der Waals surface area contributed by atoms with Crippen LogP contribution in [-0.2, 0) is 36.3 Å². The highest BCUT2D eigenvalue weighted by molar-refractivity contribution is 7.92. The van der Waals surface area contributed by atoms with Crippen LogP contribution >= 0.6 is 0 Å². The molecule has 1 aliphatic heterocycles. The molecule has 2 aromatic rings. The van der Waals surface area contributed by atoms with Gasteiger partial charge in [0, 0.05) is 12.1 Å². The number of aliphatic carboxylic acids is 1. The van der Waals surface area contributed by atoms with Gasteiger partial charge in [-0.3, -0.25) is 9.59 Å². The average molecular weight is 686 g/mol. The number of carboxylic acids is 1. The van der Waals surface area contributed by atoms with Crippen molar-refractivity contribution in [2.75, 3.05) is 6.54 Å². The third kappa shape index (κ3) is 4.79. The summed E-state index contributed by atoms with van der Waals surface area (Å²) in [6, 6.07) is 3.33. The molecule has 46 heavy (non-hydrogen) atoms. The van der Waals surface area contributed by atoms with E-state index >= 15 is 8.78 Å². The predicted molar refractivity (Wildman–Crippen MR) is 143 cm³/mol. The monoisotopic (exact) mass is 685 g/mol. The van der Waals surface area contributed by atoms with E-state index in [2.05, 4.69) is 0 Å². The molecule has 1 N–H and O–H groups in total. The Kier molecular flexibility index (Phi) is 8.05. The van der Waals surface area contributed by atoms with E-state index in [0.29, 0.717) is 12.1 Å². The van der Waals surface area contributed by atoms with Gasteiger partial charge in [-0.1, -0.05) is 25.1 Å². The van der Waals surface area contributed by atoms with Crippen LogP contribution in [0.4, 0.5) is 39.5 Å². The quantitative estimate of drug-likeness (QED) is 0.285. The molecule has 5 rings (SSSR count). The standard InChI is InChI=1S/C30H28F9NO5S/c1-16-15-40(25(43)26(32)12-10-17(11-13-26)24(41)42)23-9-2-18-14-19(28(33,29(34,35)36)30(37,38)39)3-8-22(18)27(16,23)46(44,45)21-6-4-20(31)5-7-21/h3-8,14,16-17,23H,2,9-13,15H2,1H3,(H,41,42)/t16-,17-,23?,26+,27?/m1/s1. The van der Waals surface area contributed by atoms with Crippen LogP contribution in [0.1, 0.15) is 55.7 Å². The number of hydrogen-bond acceptors (Lipinski definition) is 4. The van der Waals surface area contributed by atoms with Crippen LogP contribution in [0.5, 0.6) is 0 Å². The van der Waals surface area contributed by atoms with Crippen molar-refractivity contribution in [3.8, 4) is 0 Å². The SMILES string of the molecule is C[C@@H]1CN(C(=O)[C@]2(F)CC[C@@H](C(=O)O)CC2)C2CCc3cc(C(F)(C(F)(F)F)C(F)(F)F)ccc3C21S(=O)(=O)c1ccc(F)cc1. The van der Waals surface area contributed by atoms with Crippen LogP contribution < -0.4 is 0 Å². The maximum absolute atomic E-state index is 16.2. The predicted octanol–water partition coefficient (Wildman–Crippen LogP) is 6.56. The first-order chi connectivity index (χ1) is 21.1. The molecule has 1 saturated carbocycles. The fraction of sp³-hybridized carbons (Fsp3) is 0.533. The van der Waals surface area contributed by atoms with Crippen LogP contribution in [0.2, 0.25) is 0 Å². The first kappa shape index (κ1) is 34.0. The summed E-state index contributed by atoms with van der Waals surface area (Å²) in [5.41, 5.74) is -10.8. The smallest absolute Gasteiger partial charge is 0.435 e. The van der Waals surface area contributed by atoms with Gasteiger partial charge in [0.15, 0.2) is 15.5 Å². The first-order valence-electron chi connectivity index (χ1n) is 14.3. The van der Waals surface area contributed by atoms with Crippen LogP contribution in [0.15, 0.2) is 47.4 Å². The number of carboxylic acid groups (broad SMARTS) is 1. The molecule has 0 bridgehead atoms. The van der Waals surface area contributed by atoms with Crippen molar-refractivity contribution in [3.05, 3.63) is 65.0 Å². The second kappa shape index (κ2) is 10.9. The lowest BCUT2D eigenvalue weighted by molar-refractivity contribution is -0.348. The zero-order valence-corrected chi connectivity index (χ0v) is 24.9. The molecule has 1 saturated heterocycles. The fourth-order valence-electron chi connectivity index (χ4n) is 7.52. The van der Waals surface area contributed by atoms with Gasteiger partial charge in [-0.05, 0) is 79.8 Å². The second-order valence-electron chi connectivity index (χ2n) is 12.3. The van der Waals surface area contributed by atoms with E-state index in [1.165, 1.54) is 6.92 Å². The van der Waals surface area contributed by atoms with Crippen molar-refractivity contribution in [1.29, 1.82) is 0 Å². The number of fused-ring (bicyclic) bond motifs is 3. The van der Waals surface area contributed by atoms with Gasteiger partial charge in [0.1, 0.15) is 10.6 Å². The van der Waals surface area contributed by atoms with Crippen molar-refractivity contribution in [3.63, 3.8) is 0 Å². The Morgan fingerprint density at radius 3 is 2.00 bits per heavy atom. The van der Waals surface area contributed by atoms with Crippen molar-refractivity contribution < 1.29 is 62.6 Å². The van der Waals surface area contributed by atoms with Crippen LogP contribution in [0.3, 0.4) is 0 Å². The molecular weight excluding hydrogens is 657 g/mol. The molecule has 3 aliphatic rings. The largest absolute Gasteiger partial charge is 0.481 e. The number of amides is 1. The summed E-state index contributed by atoms with van der Waals surface area (Å²) >= 11 is 0. The normalized spacial score (nSPS) is 28.8. The van der Waals surface area contributed by atoms with E-state index in [0.717, 1.165) is 29.2 Å². The van der Waals surface area contributed by atoms with Gasteiger partial charge in [0.2, 0.25) is 0 Å². The number of benzene rings is 2. The lowest BCUT2D eigenvalue weighted by Gasteiger charge is -2.45. The average Bonchev–Trinajstić information content (AvgIpc) is 3.29. The van der Waals surface area contributed by atoms with Crippen molar-refractivity contribution in [1.82, 2.24) is 4.90 Å². The molecule has 252 valence electrons. The Morgan fingerprint density at radius 2 is 1.48 bits per heavy atom. The van der Waals surface area contributed by atoms with Gasteiger partial charge in [-0.2, -0.15) is 26.3 Å². The molecule has 6 nitrogen and oxygen atoms in total. The van der Waals surface area contributed by atoms with Gasteiger partial charge < -0.3 is 10.0 Å². The topological polar surface area (TPSA) is 91.8 Å². The fourth-order valence-corrected chi connectivity index (χ4v) is 10.1. The molecule has 1 heterocycles. The van der Waals surface area contributed by atoms with Gasteiger partial charge in [0.05, 0.1) is 16.9 Å². The molecule has 2 unspecified atom stereocenters. The Bertz CT molecular complexity index is 1640. The molecule has 3 atom stereocenters. The highest BCUT2D eigenvalue weighted by atomic mass is 32.2. The number of hydrogen-bond donors (Lipinski definition) is 1. The van der Waals surface area contributed by atoms with Gasteiger partial charge in [-0.15, -0.1) is 0 Å². The Hall–Kier alpha value is -3.30. The van der Waals surface area contributed by atoms with E-state index in [-0.39, 0.29) is 36.5 Å². The number of halogens is 9. The lowest BCUT2D eigenvalue weighted by atomic mass is 9.73. The van der Waals surface area contributed by atoms with Gasteiger partial charge in [0.25, 0.3) is 5.91 Å². The minimum absolute atomic E-state index is 0.167. The van der Waals surface area contributed by atoms with E-state index in [1.807, 2.05) is 0 Å². The number of rotatable bonds is 5. The molecular formula is C30H28F9NO5S. The summed E-state index contributed by atoms with van der Waals surface area (Å²) < 4.78 is 154. The second-order valence-corrected chi connectivity index (χ2v) is 14.4.